The second kappa shape index (κ2) is 10.4. The standard InChI is InChI=1S/C21H19N3.C7H7NO3/c1-2-24-20-13-16(23)9-11-18(20)17-10-8-15(22)12-19(17)21(24)14-6-4-3-5-7-14;9-7(10)8-11-6-4-2-1-3-5-6/h3-13,23H,2,22H2,1H3;1-5,8H,(H,9,10). The third-order valence-electron chi connectivity index (χ3n) is 5.53. The minimum Gasteiger partial charge on any atom is -0.528 e. The number of rotatable bonds is 4. The number of aryl methyl sites for hydroxylation is 1. The Morgan fingerprint density at radius 2 is 1.43 bits per heavy atom. The first kappa shape index (κ1) is 23.4. The molecule has 0 aliphatic carbocycles. The Labute approximate surface area is 203 Å². The van der Waals surface area contributed by atoms with Gasteiger partial charge in [-0.3, -0.25) is 0 Å². The summed E-state index contributed by atoms with van der Waals surface area (Å²) in [6.45, 7) is 3.02. The van der Waals surface area contributed by atoms with Crippen molar-refractivity contribution in [1.29, 1.82) is 0 Å². The van der Waals surface area contributed by atoms with Crippen LogP contribution in [0.4, 0.5) is 16.2 Å². The van der Waals surface area contributed by atoms with Crippen LogP contribution in [0.15, 0.2) is 97.1 Å². The lowest BCUT2D eigenvalue weighted by Crippen LogP contribution is -2.38. The largest absolute Gasteiger partial charge is 0.528 e. The van der Waals surface area contributed by atoms with E-state index < -0.39 is 6.09 Å². The van der Waals surface area contributed by atoms with Crippen molar-refractivity contribution in [2.45, 2.75) is 13.5 Å². The molecule has 176 valence electrons. The van der Waals surface area contributed by atoms with Gasteiger partial charge in [-0.1, -0.05) is 42.5 Å². The van der Waals surface area contributed by atoms with Crippen LogP contribution in [0.1, 0.15) is 6.92 Å². The molecule has 0 saturated carbocycles. The highest BCUT2D eigenvalue weighted by Crippen LogP contribution is 2.33. The Bertz CT molecular complexity index is 1470. The second-order valence-corrected chi connectivity index (χ2v) is 7.85. The predicted octanol–water partition coefficient (Wildman–Crippen LogP) is 4.05. The molecule has 0 radical (unpaired) electrons. The van der Waals surface area contributed by atoms with Crippen molar-refractivity contribution in [1.82, 2.24) is 5.48 Å². The fourth-order valence-corrected chi connectivity index (χ4v) is 4.08. The number of carboxylic acid groups (broad SMARTS) is 1. The van der Waals surface area contributed by atoms with E-state index >= 15 is 0 Å². The first-order valence-electron chi connectivity index (χ1n) is 11.2. The number of hydroxylamine groups is 1. The minimum atomic E-state index is -1.46. The van der Waals surface area contributed by atoms with Crippen molar-refractivity contribution < 1.29 is 19.3 Å². The van der Waals surface area contributed by atoms with Crippen molar-refractivity contribution in [2.75, 3.05) is 11.5 Å². The number of hydrogen-bond donors (Lipinski definition) is 3. The second-order valence-electron chi connectivity index (χ2n) is 7.85. The van der Waals surface area contributed by atoms with Gasteiger partial charge in [-0.25, -0.2) is 5.48 Å². The van der Waals surface area contributed by atoms with E-state index in [1.807, 2.05) is 18.2 Å². The molecule has 0 aliphatic rings. The lowest BCUT2D eigenvalue weighted by molar-refractivity contribution is -0.655. The number of amides is 1. The van der Waals surface area contributed by atoms with E-state index in [-0.39, 0.29) is 0 Å². The molecule has 1 amide bonds. The molecule has 5 aromatic rings. The van der Waals surface area contributed by atoms with E-state index in [1.165, 1.54) is 27.4 Å². The van der Waals surface area contributed by atoms with Gasteiger partial charge in [0.2, 0.25) is 11.2 Å². The molecule has 0 atom stereocenters. The minimum absolute atomic E-state index is 0.428. The van der Waals surface area contributed by atoms with Gasteiger partial charge in [0.15, 0.2) is 11.8 Å². The molecule has 35 heavy (non-hydrogen) atoms. The highest BCUT2D eigenvalue weighted by Gasteiger charge is 2.22. The maximum atomic E-state index is 9.83. The highest BCUT2D eigenvalue weighted by atomic mass is 16.7. The number of nitrogens with zero attached hydrogens (tertiary/aromatic N) is 1. The summed E-state index contributed by atoms with van der Waals surface area (Å²) in [4.78, 5) is 14.4. The van der Waals surface area contributed by atoms with E-state index in [9.17, 15) is 9.90 Å². The van der Waals surface area contributed by atoms with Crippen LogP contribution in [-0.4, -0.2) is 6.09 Å². The topological polar surface area (TPSA) is 117 Å². The molecule has 7 nitrogen and oxygen atoms in total. The van der Waals surface area contributed by atoms with E-state index in [0.717, 1.165) is 23.4 Å². The Balaban J connectivity index is 0.000000221. The third kappa shape index (κ3) is 5.25. The Hall–Kier alpha value is -4.78. The van der Waals surface area contributed by atoms with Crippen LogP contribution in [0.5, 0.6) is 5.75 Å². The summed E-state index contributed by atoms with van der Waals surface area (Å²) in [5, 5.41) is 13.4. The van der Waals surface area contributed by atoms with Gasteiger partial charge in [0.25, 0.3) is 0 Å². The number of anilines is 2. The van der Waals surface area contributed by atoms with Gasteiger partial charge >= 0.3 is 0 Å². The number of carbonyl (C=O) groups is 1. The van der Waals surface area contributed by atoms with Gasteiger partial charge in [0.1, 0.15) is 6.54 Å². The number of aromatic nitrogens is 1. The van der Waals surface area contributed by atoms with Gasteiger partial charge in [0.05, 0.1) is 10.8 Å². The zero-order chi connectivity index (χ0) is 24.8. The Kier molecular flexibility index (Phi) is 6.97. The number of fused-ring (bicyclic) bond motifs is 3. The van der Waals surface area contributed by atoms with Gasteiger partial charge in [-0.15, -0.1) is 0 Å². The van der Waals surface area contributed by atoms with Crippen molar-refractivity contribution in [3.63, 3.8) is 0 Å². The van der Waals surface area contributed by atoms with Crippen LogP contribution in [-0.2, 0) is 6.54 Å². The maximum Gasteiger partial charge on any atom is 0.220 e. The molecule has 0 saturated heterocycles. The number of para-hydroxylation sites is 1. The Morgan fingerprint density at radius 1 is 0.829 bits per heavy atom. The molecule has 0 spiro atoms. The lowest BCUT2D eigenvalue weighted by atomic mass is 9.98. The van der Waals surface area contributed by atoms with Gasteiger partial charge in [-0.05, 0) is 55.5 Å². The van der Waals surface area contributed by atoms with Crippen molar-refractivity contribution in [3.8, 4) is 17.0 Å². The summed E-state index contributed by atoms with van der Waals surface area (Å²) in [6.07, 6.45) is -1.46. The van der Waals surface area contributed by atoms with E-state index in [2.05, 4.69) is 64.9 Å². The summed E-state index contributed by atoms with van der Waals surface area (Å²) in [5.74, 6) is 0.428. The quantitative estimate of drug-likeness (QED) is 0.160. The number of pyridine rings is 1. The van der Waals surface area contributed by atoms with E-state index in [0.29, 0.717) is 5.75 Å². The molecular weight excluding hydrogens is 440 g/mol. The fourth-order valence-electron chi connectivity index (χ4n) is 4.08. The number of nitrogens with one attached hydrogen (secondary N) is 1. The van der Waals surface area contributed by atoms with Crippen LogP contribution in [0, 0.1) is 0 Å². The van der Waals surface area contributed by atoms with Crippen molar-refractivity contribution in [3.05, 3.63) is 97.1 Å². The summed E-state index contributed by atoms with van der Waals surface area (Å²) >= 11 is 0. The van der Waals surface area contributed by atoms with E-state index in [4.69, 9.17) is 11.5 Å². The normalized spacial score (nSPS) is 10.4. The number of hydrogen-bond acceptors (Lipinski definition) is 5. The molecule has 7 heteroatoms. The molecular formula is C28H26N4O3. The van der Waals surface area contributed by atoms with Crippen LogP contribution in [0.25, 0.3) is 32.9 Å². The van der Waals surface area contributed by atoms with Gasteiger partial charge in [-0.2, -0.15) is 4.57 Å². The fraction of sp³-hybridized carbons (Fsp3) is 0.0714. The summed E-state index contributed by atoms with van der Waals surface area (Å²) in [6, 6.07) is 31.2. The molecule has 4 aromatic carbocycles. The van der Waals surface area contributed by atoms with Crippen molar-refractivity contribution >= 4 is 39.1 Å². The number of nitrogens with two attached hydrogens (primary N) is 2. The molecule has 0 bridgehead atoms. The molecule has 0 unspecified atom stereocenters. The van der Waals surface area contributed by atoms with Gasteiger partial charge in [0, 0.05) is 28.4 Å². The summed E-state index contributed by atoms with van der Waals surface area (Å²) < 4.78 is 2.32. The third-order valence-corrected chi connectivity index (χ3v) is 5.53. The van der Waals surface area contributed by atoms with Crippen LogP contribution in [0.3, 0.4) is 0 Å². The van der Waals surface area contributed by atoms with E-state index in [1.54, 1.807) is 35.8 Å². The van der Waals surface area contributed by atoms with Crippen LogP contribution in [0.2, 0.25) is 0 Å². The molecule has 5 N–H and O–H groups in total. The smallest absolute Gasteiger partial charge is 0.220 e. The van der Waals surface area contributed by atoms with Crippen LogP contribution < -0.4 is 31.5 Å². The molecule has 0 fully saturated rings. The van der Waals surface area contributed by atoms with Crippen LogP contribution >= 0.6 is 0 Å². The maximum absolute atomic E-state index is 9.83. The summed E-state index contributed by atoms with van der Waals surface area (Å²) in [5.41, 5.74) is 18.9. The highest BCUT2D eigenvalue weighted by molar-refractivity contribution is 6.10. The lowest BCUT2D eigenvalue weighted by Gasteiger charge is -2.12. The SMILES string of the molecule is CC[n+]1c(-c2ccccc2)c2cc(N)ccc2c2ccc(N)cc21.O=C([O-])NOc1ccccc1. The molecule has 1 aromatic heterocycles. The first-order valence-corrected chi connectivity index (χ1v) is 11.2. The number of carbonyl (C=O) groups excluding carboxylic acids is 1. The summed E-state index contributed by atoms with van der Waals surface area (Å²) in [7, 11) is 0. The average molecular weight is 467 g/mol. The Morgan fingerprint density at radius 3 is 2.06 bits per heavy atom. The zero-order valence-corrected chi connectivity index (χ0v) is 19.3. The first-order chi connectivity index (χ1) is 17.0. The molecule has 5 rings (SSSR count). The molecule has 1 heterocycles. The zero-order valence-electron chi connectivity index (χ0n) is 19.3. The average Bonchev–Trinajstić information content (AvgIpc) is 2.88. The molecule has 0 aliphatic heterocycles. The van der Waals surface area contributed by atoms with Gasteiger partial charge < -0.3 is 26.2 Å². The number of benzene rings is 4. The number of nitrogen functional groups attached to an aromatic ring is 2. The van der Waals surface area contributed by atoms with Crippen molar-refractivity contribution in [2.24, 2.45) is 0 Å². The predicted molar refractivity (Wildman–Crippen MR) is 137 cm³/mol. The monoisotopic (exact) mass is 466 g/mol.